The third-order valence-electron chi connectivity index (χ3n) is 8.00. The molecular formula is C32H14N4. The molecule has 0 N–H and O–H groups in total. The molecular weight excluding hydrogens is 440 g/mol. The Hall–Kier alpha value is -5.32. The zero-order valence-corrected chi connectivity index (χ0v) is 18.9. The SMILES string of the molecule is [C-]#[N+]c1cccc2c3c4c5ccccc5n5c6c(C#N)cccc6c(c6c7ccccc7n(c12)c63)c45. The fraction of sp³-hybridized carbons (Fsp3) is 0. The Morgan fingerprint density at radius 3 is 1.67 bits per heavy atom. The second-order valence-electron chi connectivity index (χ2n) is 9.50. The minimum atomic E-state index is 0.661. The topological polar surface area (TPSA) is 37.0 Å². The molecule has 4 nitrogen and oxygen atoms in total. The molecule has 9 rings (SSSR count). The molecule has 9 aromatic rings. The van der Waals surface area contributed by atoms with Crippen molar-refractivity contribution in [2.45, 2.75) is 0 Å². The van der Waals surface area contributed by atoms with E-state index in [0.717, 1.165) is 43.9 Å². The molecule has 0 bridgehead atoms. The molecule has 0 atom stereocenters. The van der Waals surface area contributed by atoms with Gasteiger partial charge in [-0.05, 0) is 23.6 Å². The van der Waals surface area contributed by atoms with E-state index in [1.165, 1.54) is 32.3 Å². The highest BCUT2D eigenvalue weighted by Gasteiger charge is 2.29. The molecule has 0 amide bonds. The summed E-state index contributed by atoms with van der Waals surface area (Å²) in [5, 5.41) is 19.4. The van der Waals surface area contributed by atoms with Crippen LogP contribution in [0.3, 0.4) is 0 Å². The van der Waals surface area contributed by atoms with Crippen LogP contribution in [0, 0.1) is 17.9 Å². The summed E-state index contributed by atoms with van der Waals surface area (Å²) in [4.78, 5) is 3.93. The monoisotopic (exact) mass is 454 g/mol. The van der Waals surface area contributed by atoms with Crippen LogP contribution in [0.25, 0.3) is 81.0 Å². The molecule has 162 valence electrons. The lowest BCUT2D eigenvalue weighted by atomic mass is 9.97. The lowest BCUT2D eigenvalue weighted by Crippen LogP contribution is -1.84. The number of hydrogen-bond acceptors (Lipinski definition) is 1. The molecule has 0 radical (unpaired) electrons. The first-order valence-corrected chi connectivity index (χ1v) is 11.9. The van der Waals surface area contributed by atoms with Crippen LogP contribution in [-0.2, 0) is 0 Å². The van der Waals surface area contributed by atoms with E-state index in [1.807, 2.05) is 24.3 Å². The molecule has 36 heavy (non-hydrogen) atoms. The molecule has 0 saturated carbocycles. The van der Waals surface area contributed by atoms with Gasteiger partial charge in [0.2, 0.25) is 5.69 Å². The van der Waals surface area contributed by atoms with Gasteiger partial charge in [0.15, 0.2) is 0 Å². The normalized spacial score (nSPS) is 12.4. The van der Waals surface area contributed by atoms with Gasteiger partial charge in [0, 0.05) is 37.7 Å². The van der Waals surface area contributed by atoms with Crippen LogP contribution in [0.1, 0.15) is 5.56 Å². The average molecular weight is 454 g/mol. The summed E-state index contributed by atoms with van der Waals surface area (Å²) in [7, 11) is 0. The quantitative estimate of drug-likeness (QED) is 0.212. The zero-order chi connectivity index (χ0) is 23.7. The Labute approximate surface area is 203 Å². The van der Waals surface area contributed by atoms with Gasteiger partial charge >= 0.3 is 0 Å². The van der Waals surface area contributed by atoms with Gasteiger partial charge < -0.3 is 8.80 Å². The first-order chi connectivity index (χ1) is 17.8. The van der Waals surface area contributed by atoms with Crippen molar-refractivity contribution in [2.24, 2.45) is 0 Å². The van der Waals surface area contributed by atoms with Crippen molar-refractivity contribution in [2.75, 3.05) is 0 Å². The Balaban J connectivity index is 1.83. The summed E-state index contributed by atoms with van der Waals surface area (Å²) in [5.41, 5.74) is 7.79. The summed E-state index contributed by atoms with van der Waals surface area (Å²) >= 11 is 0. The van der Waals surface area contributed by atoms with Crippen LogP contribution >= 0.6 is 0 Å². The number of nitriles is 1. The Bertz CT molecular complexity index is 2310. The molecule has 0 saturated heterocycles. The number of rotatable bonds is 0. The van der Waals surface area contributed by atoms with Crippen molar-refractivity contribution < 1.29 is 0 Å². The first kappa shape index (κ1) is 18.1. The first-order valence-electron chi connectivity index (χ1n) is 11.9. The molecule has 0 aliphatic carbocycles. The molecule has 4 aromatic heterocycles. The van der Waals surface area contributed by atoms with E-state index in [1.54, 1.807) is 0 Å². The fourth-order valence-corrected chi connectivity index (χ4v) is 6.82. The van der Waals surface area contributed by atoms with Gasteiger partial charge in [0.1, 0.15) is 6.07 Å². The number of fused-ring (bicyclic) bond motifs is 14. The highest BCUT2D eigenvalue weighted by molar-refractivity contribution is 6.45. The lowest BCUT2D eigenvalue weighted by Gasteiger charge is -2.03. The van der Waals surface area contributed by atoms with Crippen molar-refractivity contribution in [1.29, 1.82) is 5.26 Å². The molecule has 0 aliphatic heterocycles. The van der Waals surface area contributed by atoms with Crippen LogP contribution in [0.5, 0.6) is 0 Å². The largest absolute Gasteiger partial charge is 0.318 e. The standard InChI is InChI=1S/C32H14N4/c1-34-22-13-7-12-21-28-26-18-9-2-4-14-23(18)35-29-17(16-33)8-6-11-20(29)27(31(26)35)25-19-10-3-5-15-24(19)36(30(21)22)32(25)28/h2-15H. The average Bonchev–Trinajstić information content (AvgIpc) is 3.65. The Kier molecular flexibility index (Phi) is 2.93. The maximum Gasteiger partial charge on any atom is 0.211 e. The van der Waals surface area contributed by atoms with Crippen LogP contribution in [0.2, 0.25) is 0 Å². The fourth-order valence-electron chi connectivity index (χ4n) is 6.82. The van der Waals surface area contributed by atoms with E-state index in [2.05, 4.69) is 80.4 Å². The molecule has 5 aromatic carbocycles. The summed E-state index contributed by atoms with van der Waals surface area (Å²) in [6, 6.07) is 31.5. The molecule has 0 aliphatic rings. The van der Waals surface area contributed by atoms with Crippen molar-refractivity contribution in [3.8, 4) is 6.07 Å². The zero-order valence-electron chi connectivity index (χ0n) is 18.9. The van der Waals surface area contributed by atoms with Crippen LogP contribution in [-0.4, -0.2) is 8.80 Å². The van der Waals surface area contributed by atoms with Gasteiger partial charge in [-0.15, -0.1) is 0 Å². The Morgan fingerprint density at radius 2 is 1.06 bits per heavy atom. The number of benzene rings is 5. The summed E-state index contributed by atoms with van der Waals surface area (Å²) in [5.74, 6) is 0. The highest BCUT2D eigenvalue weighted by atomic mass is 15.0. The molecule has 4 heteroatoms. The van der Waals surface area contributed by atoms with Gasteiger partial charge in [-0.3, -0.25) is 0 Å². The van der Waals surface area contributed by atoms with Crippen LogP contribution in [0.15, 0.2) is 84.9 Å². The predicted octanol–water partition coefficient (Wildman–Crippen LogP) is 8.41. The third-order valence-corrected chi connectivity index (χ3v) is 8.00. The molecule has 0 fully saturated rings. The second kappa shape index (κ2) is 5.84. The van der Waals surface area contributed by atoms with E-state index in [-0.39, 0.29) is 0 Å². The van der Waals surface area contributed by atoms with Crippen molar-refractivity contribution >= 4 is 81.9 Å². The van der Waals surface area contributed by atoms with E-state index in [0.29, 0.717) is 11.3 Å². The summed E-state index contributed by atoms with van der Waals surface area (Å²) in [6.45, 7) is 7.94. The maximum atomic E-state index is 10.1. The summed E-state index contributed by atoms with van der Waals surface area (Å²) < 4.78 is 4.60. The van der Waals surface area contributed by atoms with Crippen molar-refractivity contribution in [3.63, 3.8) is 0 Å². The highest BCUT2D eigenvalue weighted by Crippen LogP contribution is 2.52. The predicted molar refractivity (Wildman–Crippen MR) is 147 cm³/mol. The molecule has 4 heterocycles. The van der Waals surface area contributed by atoms with Crippen molar-refractivity contribution in [1.82, 2.24) is 8.80 Å². The van der Waals surface area contributed by atoms with E-state index >= 15 is 0 Å². The minimum absolute atomic E-state index is 0.661. The van der Waals surface area contributed by atoms with Gasteiger partial charge in [0.05, 0.1) is 45.2 Å². The second-order valence-corrected chi connectivity index (χ2v) is 9.50. The maximum absolute atomic E-state index is 10.1. The molecule has 0 spiro atoms. The number of hydrogen-bond donors (Lipinski definition) is 0. The number of nitrogens with zero attached hydrogens (tertiary/aromatic N) is 4. The van der Waals surface area contributed by atoms with Crippen LogP contribution < -0.4 is 0 Å². The van der Waals surface area contributed by atoms with Crippen LogP contribution in [0.4, 0.5) is 5.69 Å². The summed E-state index contributed by atoms with van der Waals surface area (Å²) in [6.07, 6.45) is 0. The van der Waals surface area contributed by atoms with E-state index in [9.17, 15) is 5.26 Å². The van der Waals surface area contributed by atoms with Gasteiger partial charge in [-0.1, -0.05) is 66.7 Å². The number of aromatic nitrogens is 2. The molecule has 0 unspecified atom stereocenters. The minimum Gasteiger partial charge on any atom is -0.318 e. The van der Waals surface area contributed by atoms with Gasteiger partial charge in [-0.2, -0.15) is 5.26 Å². The van der Waals surface area contributed by atoms with Gasteiger partial charge in [0.25, 0.3) is 0 Å². The third kappa shape index (κ3) is 1.73. The van der Waals surface area contributed by atoms with Gasteiger partial charge in [-0.25, -0.2) is 4.85 Å². The Morgan fingerprint density at radius 1 is 0.556 bits per heavy atom. The lowest BCUT2D eigenvalue weighted by molar-refractivity contribution is 1.35. The number of para-hydroxylation sites is 4. The smallest absolute Gasteiger partial charge is 0.211 e. The van der Waals surface area contributed by atoms with Crippen molar-refractivity contribution in [3.05, 3.63) is 102 Å². The van der Waals surface area contributed by atoms with E-state index in [4.69, 9.17) is 6.57 Å². The van der Waals surface area contributed by atoms with E-state index < -0.39 is 0 Å².